The number of hydrogen-bond donors (Lipinski definition) is 1. The van der Waals surface area contributed by atoms with E-state index in [0.29, 0.717) is 6.04 Å². The molecule has 0 saturated carbocycles. The summed E-state index contributed by atoms with van der Waals surface area (Å²) >= 11 is 6.31. The number of piperazine rings is 1. The van der Waals surface area contributed by atoms with Gasteiger partial charge in [0.05, 0.1) is 0 Å². The largest absolute Gasteiger partial charge is 0.311 e. The third-order valence-electron chi connectivity index (χ3n) is 4.55. The first-order valence-corrected chi connectivity index (χ1v) is 7.68. The van der Waals surface area contributed by atoms with Gasteiger partial charge in [-0.15, -0.1) is 0 Å². The first kappa shape index (κ1) is 14.8. The van der Waals surface area contributed by atoms with E-state index < -0.39 is 0 Å². The van der Waals surface area contributed by atoms with Crippen LogP contribution in [0.2, 0.25) is 5.02 Å². The summed E-state index contributed by atoms with van der Waals surface area (Å²) in [6.45, 7) is 9.98. The van der Waals surface area contributed by atoms with Crippen LogP contribution in [0.5, 0.6) is 0 Å². The highest BCUT2D eigenvalue weighted by atomic mass is 35.5. The molecule has 2 nitrogen and oxygen atoms in total. The molecule has 2 atom stereocenters. The van der Waals surface area contributed by atoms with E-state index in [1.54, 1.807) is 0 Å². The van der Waals surface area contributed by atoms with E-state index in [0.717, 1.165) is 31.1 Å². The Bertz CT molecular complexity index is 421. The molecule has 19 heavy (non-hydrogen) atoms. The van der Waals surface area contributed by atoms with E-state index in [4.69, 9.17) is 11.6 Å². The highest BCUT2D eigenvalue weighted by molar-refractivity contribution is 6.31. The fraction of sp³-hybridized carbons (Fsp3) is 0.625. The molecule has 1 aliphatic rings. The van der Waals surface area contributed by atoms with Crippen molar-refractivity contribution in [3.05, 3.63) is 34.9 Å². The smallest absolute Gasteiger partial charge is 0.0451 e. The minimum Gasteiger partial charge on any atom is -0.311 e. The lowest BCUT2D eigenvalue weighted by molar-refractivity contribution is 0.0408. The second-order valence-corrected chi connectivity index (χ2v) is 6.22. The zero-order chi connectivity index (χ0) is 13.9. The number of benzene rings is 1. The summed E-state index contributed by atoms with van der Waals surface area (Å²) in [6, 6.07) is 8.80. The lowest BCUT2D eigenvalue weighted by Gasteiger charge is -2.48. The maximum Gasteiger partial charge on any atom is 0.0451 e. The fourth-order valence-corrected chi connectivity index (χ4v) is 2.93. The first-order valence-electron chi connectivity index (χ1n) is 7.31. The van der Waals surface area contributed by atoms with Crippen LogP contribution in [0.4, 0.5) is 0 Å². The predicted octanol–water partition coefficient (Wildman–Crippen LogP) is 3.69. The van der Waals surface area contributed by atoms with Gasteiger partial charge in [-0.05, 0) is 31.4 Å². The zero-order valence-electron chi connectivity index (χ0n) is 12.2. The van der Waals surface area contributed by atoms with E-state index in [1.165, 1.54) is 12.0 Å². The summed E-state index contributed by atoms with van der Waals surface area (Å²) in [5.74, 6) is 0. The summed E-state index contributed by atoms with van der Waals surface area (Å²) in [7, 11) is 0. The molecule has 2 unspecified atom stereocenters. The number of halogens is 1. The Morgan fingerprint density at radius 2 is 2.11 bits per heavy atom. The van der Waals surface area contributed by atoms with Crippen molar-refractivity contribution >= 4 is 11.6 Å². The Labute approximate surface area is 122 Å². The van der Waals surface area contributed by atoms with Crippen LogP contribution in [0.3, 0.4) is 0 Å². The Kier molecular flexibility index (Phi) is 4.88. The van der Waals surface area contributed by atoms with Crippen molar-refractivity contribution in [3.63, 3.8) is 0 Å². The summed E-state index contributed by atoms with van der Waals surface area (Å²) < 4.78 is 0. The molecule has 1 heterocycles. The van der Waals surface area contributed by atoms with Crippen molar-refractivity contribution in [3.8, 4) is 0 Å². The number of nitrogens with zero attached hydrogens (tertiary/aromatic N) is 1. The third-order valence-corrected chi connectivity index (χ3v) is 4.92. The van der Waals surface area contributed by atoms with Crippen LogP contribution in [-0.2, 0) is 6.54 Å². The zero-order valence-corrected chi connectivity index (χ0v) is 13.0. The molecule has 106 valence electrons. The minimum absolute atomic E-state index is 0.227. The van der Waals surface area contributed by atoms with Crippen molar-refractivity contribution in [2.45, 2.75) is 51.7 Å². The van der Waals surface area contributed by atoms with Gasteiger partial charge >= 0.3 is 0 Å². The average Bonchev–Trinajstić information content (AvgIpc) is 2.43. The van der Waals surface area contributed by atoms with Crippen LogP contribution < -0.4 is 5.32 Å². The summed E-state index contributed by atoms with van der Waals surface area (Å²) in [5.41, 5.74) is 1.46. The fourth-order valence-electron chi connectivity index (χ4n) is 2.74. The van der Waals surface area contributed by atoms with Gasteiger partial charge in [-0.2, -0.15) is 0 Å². The molecule has 0 amide bonds. The normalized spacial score (nSPS) is 28.5. The van der Waals surface area contributed by atoms with E-state index in [-0.39, 0.29) is 5.54 Å². The van der Waals surface area contributed by atoms with Crippen LogP contribution >= 0.6 is 11.6 Å². The standard InChI is InChI=1S/C16H25ClN2/c1-4-14-11-19(16(3,5-2)12-18-14)10-13-8-6-7-9-15(13)17/h6-9,14,18H,4-5,10-12H2,1-3H3. The highest BCUT2D eigenvalue weighted by Gasteiger charge is 2.35. The van der Waals surface area contributed by atoms with Gasteiger partial charge in [0.1, 0.15) is 0 Å². The van der Waals surface area contributed by atoms with E-state index >= 15 is 0 Å². The van der Waals surface area contributed by atoms with Crippen molar-refractivity contribution in [1.82, 2.24) is 10.2 Å². The second kappa shape index (κ2) is 6.25. The molecule has 0 aromatic heterocycles. The summed E-state index contributed by atoms with van der Waals surface area (Å²) in [6.07, 6.45) is 2.33. The van der Waals surface area contributed by atoms with Crippen molar-refractivity contribution in [2.75, 3.05) is 13.1 Å². The van der Waals surface area contributed by atoms with Gasteiger partial charge in [-0.3, -0.25) is 4.90 Å². The van der Waals surface area contributed by atoms with Crippen LogP contribution in [0, 0.1) is 0 Å². The quantitative estimate of drug-likeness (QED) is 0.905. The maximum atomic E-state index is 6.31. The van der Waals surface area contributed by atoms with E-state index in [2.05, 4.69) is 43.1 Å². The molecule has 1 aromatic carbocycles. The maximum absolute atomic E-state index is 6.31. The van der Waals surface area contributed by atoms with Crippen LogP contribution in [0.25, 0.3) is 0 Å². The number of hydrogen-bond acceptors (Lipinski definition) is 2. The van der Waals surface area contributed by atoms with E-state index in [1.807, 2.05) is 12.1 Å². The van der Waals surface area contributed by atoms with Crippen LogP contribution in [0.1, 0.15) is 39.2 Å². The molecule has 2 rings (SSSR count). The van der Waals surface area contributed by atoms with E-state index in [9.17, 15) is 0 Å². The molecule has 1 aromatic rings. The molecule has 1 saturated heterocycles. The molecule has 1 fully saturated rings. The van der Waals surface area contributed by atoms with Gasteiger partial charge in [0.25, 0.3) is 0 Å². The summed E-state index contributed by atoms with van der Waals surface area (Å²) in [4.78, 5) is 2.60. The van der Waals surface area contributed by atoms with Crippen LogP contribution in [0.15, 0.2) is 24.3 Å². The molecule has 0 aliphatic carbocycles. The lowest BCUT2D eigenvalue weighted by Crippen LogP contribution is -2.62. The van der Waals surface area contributed by atoms with Gasteiger partial charge in [-0.1, -0.05) is 43.6 Å². The Hall–Kier alpha value is -0.570. The van der Waals surface area contributed by atoms with Crippen LogP contribution in [-0.4, -0.2) is 29.6 Å². The highest BCUT2D eigenvalue weighted by Crippen LogP contribution is 2.27. The molecule has 0 spiro atoms. The van der Waals surface area contributed by atoms with Gasteiger partial charge in [0, 0.05) is 36.2 Å². The van der Waals surface area contributed by atoms with Gasteiger partial charge in [0.2, 0.25) is 0 Å². The Balaban J connectivity index is 2.16. The topological polar surface area (TPSA) is 15.3 Å². The Morgan fingerprint density at radius 3 is 2.74 bits per heavy atom. The number of rotatable bonds is 4. The van der Waals surface area contributed by atoms with Gasteiger partial charge < -0.3 is 5.32 Å². The van der Waals surface area contributed by atoms with Gasteiger partial charge in [-0.25, -0.2) is 0 Å². The second-order valence-electron chi connectivity index (χ2n) is 5.81. The molecule has 1 N–H and O–H groups in total. The molecule has 3 heteroatoms. The molecule has 0 radical (unpaired) electrons. The van der Waals surface area contributed by atoms with Crippen molar-refractivity contribution in [1.29, 1.82) is 0 Å². The molecular weight excluding hydrogens is 256 g/mol. The number of nitrogens with one attached hydrogen (secondary N) is 1. The minimum atomic E-state index is 0.227. The molecule has 1 aliphatic heterocycles. The SMILES string of the molecule is CCC1CN(Cc2ccccc2Cl)C(C)(CC)CN1. The third kappa shape index (κ3) is 3.31. The first-order chi connectivity index (χ1) is 9.09. The lowest BCUT2D eigenvalue weighted by atomic mass is 9.91. The summed E-state index contributed by atoms with van der Waals surface area (Å²) in [5, 5.41) is 4.55. The van der Waals surface area contributed by atoms with Gasteiger partial charge in [0.15, 0.2) is 0 Å². The Morgan fingerprint density at radius 1 is 1.37 bits per heavy atom. The molecule has 0 bridgehead atoms. The van der Waals surface area contributed by atoms with Crippen molar-refractivity contribution in [2.24, 2.45) is 0 Å². The predicted molar refractivity (Wildman–Crippen MR) is 82.6 cm³/mol. The average molecular weight is 281 g/mol. The van der Waals surface area contributed by atoms with Crippen molar-refractivity contribution < 1.29 is 0 Å². The monoisotopic (exact) mass is 280 g/mol. The molecular formula is C16H25ClN2.